The molecule has 1 aromatic heterocycles. The Hall–Kier alpha value is -2.29. The Balaban J connectivity index is 2.12. The molecular weight excluding hydrogens is 258 g/mol. The minimum Gasteiger partial charge on any atom is -0.381 e. The highest BCUT2D eigenvalue weighted by Crippen LogP contribution is 2.29. The second-order valence-electron chi connectivity index (χ2n) is 5.80. The van der Waals surface area contributed by atoms with Crippen LogP contribution < -0.4 is 9.88 Å². The fourth-order valence-corrected chi connectivity index (χ4v) is 3.46. The summed E-state index contributed by atoms with van der Waals surface area (Å²) in [6, 6.07) is 15.2. The number of aromatic nitrogens is 2. The lowest BCUT2D eigenvalue weighted by molar-refractivity contribution is -0.660. The first-order valence-corrected chi connectivity index (χ1v) is 7.58. The molecule has 0 radical (unpaired) electrons. The van der Waals surface area contributed by atoms with Gasteiger partial charge in [0.1, 0.15) is 0 Å². The molecule has 2 aromatic carbocycles. The van der Waals surface area contributed by atoms with E-state index in [0.29, 0.717) is 0 Å². The van der Waals surface area contributed by atoms with Crippen LogP contribution in [0.2, 0.25) is 0 Å². The Morgan fingerprint density at radius 3 is 2.81 bits per heavy atom. The van der Waals surface area contributed by atoms with Crippen LogP contribution in [0, 0.1) is 6.92 Å². The van der Waals surface area contributed by atoms with Gasteiger partial charge in [0.2, 0.25) is 0 Å². The summed E-state index contributed by atoms with van der Waals surface area (Å²) in [4.78, 5) is 0. The number of para-hydroxylation sites is 1. The maximum atomic E-state index is 3.56. The van der Waals surface area contributed by atoms with Gasteiger partial charge in [-0.05, 0) is 30.7 Å². The normalized spacial score (nSPS) is 14.0. The maximum Gasteiger partial charge on any atom is 0.289 e. The number of aryl methyl sites for hydroxylation is 3. The van der Waals surface area contributed by atoms with E-state index in [9.17, 15) is 0 Å². The molecule has 0 saturated heterocycles. The monoisotopic (exact) mass is 278 g/mol. The number of hydrogen-bond acceptors (Lipinski definition) is 1. The molecule has 4 rings (SSSR count). The molecule has 0 fully saturated rings. The molecule has 2 heterocycles. The average Bonchev–Trinajstić information content (AvgIpc) is 2.66. The molecule has 1 aliphatic heterocycles. The van der Waals surface area contributed by atoms with E-state index in [-0.39, 0.29) is 0 Å². The van der Waals surface area contributed by atoms with Gasteiger partial charge in [-0.15, -0.1) is 0 Å². The molecule has 106 valence electrons. The Labute approximate surface area is 124 Å². The average molecular weight is 278 g/mol. The molecule has 0 unspecified atom stereocenters. The number of imidazole rings is 1. The highest BCUT2D eigenvalue weighted by molar-refractivity contribution is 5.87. The quantitative estimate of drug-likeness (QED) is 0.678. The van der Waals surface area contributed by atoms with Gasteiger partial charge in [0, 0.05) is 13.0 Å². The van der Waals surface area contributed by atoms with Crippen molar-refractivity contribution in [2.75, 3.05) is 11.9 Å². The first-order chi connectivity index (χ1) is 10.3. The number of anilines is 1. The lowest BCUT2D eigenvalue weighted by Crippen LogP contribution is -2.35. The van der Waals surface area contributed by atoms with E-state index in [2.05, 4.69) is 70.9 Å². The molecule has 0 spiro atoms. The van der Waals surface area contributed by atoms with Crippen LogP contribution in [-0.2, 0) is 13.6 Å². The predicted molar refractivity (Wildman–Crippen MR) is 86.4 cm³/mol. The van der Waals surface area contributed by atoms with Crippen molar-refractivity contribution >= 4 is 16.7 Å². The van der Waals surface area contributed by atoms with Crippen LogP contribution in [0.5, 0.6) is 0 Å². The SMILES string of the molecule is Cc1ccccc1-c1n(C)c2cccc3c2[n+]1CCCN3. The Kier molecular flexibility index (Phi) is 2.74. The molecule has 0 bridgehead atoms. The minimum atomic E-state index is 1.04. The topological polar surface area (TPSA) is 20.8 Å². The van der Waals surface area contributed by atoms with E-state index in [0.717, 1.165) is 19.5 Å². The highest BCUT2D eigenvalue weighted by Gasteiger charge is 2.28. The number of benzene rings is 2. The van der Waals surface area contributed by atoms with Crippen molar-refractivity contribution in [3.8, 4) is 11.4 Å². The van der Waals surface area contributed by atoms with E-state index in [1.165, 1.54) is 33.7 Å². The summed E-state index contributed by atoms with van der Waals surface area (Å²) >= 11 is 0. The predicted octanol–water partition coefficient (Wildman–Crippen LogP) is 3.26. The van der Waals surface area contributed by atoms with Crippen molar-refractivity contribution in [3.63, 3.8) is 0 Å². The third kappa shape index (κ3) is 1.77. The maximum absolute atomic E-state index is 3.56. The largest absolute Gasteiger partial charge is 0.381 e. The zero-order chi connectivity index (χ0) is 14.4. The van der Waals surface area contributed by atoms with Gasteiger partial charge in [-0.3, -0.25) is 0 Å². The molecular formula is C18H20N3+. The van der Waals surface area contributed by atoms with Crippen LogP contribution in [0.25, 0.3) is 22.4 Å². The lowest BCUT2D eigenvalue weighted by atomic mass is 10.1. The number of rotatable bonds is 1. The Morgan fingerprint density at radius 2 is 1.95 bits per heavy atom. The van der Waals surface area contributed by atoms with Gasteiger partial charge in [0.25, 0.3) is 5.82 Å². The first-order valence-electron chi connectivity index (χ1n) is 7.58. The molecule has 0 amide bonds. The lowest BCUT2D eigenvalue weighted by Gasteiger charge is -2.05. The molecule has 3 aromatic rings. The van der Waals surface area contributed by atoms with Gasteiger partial charge in [0.15, 0.2) is 11.0 Å². The van der Waals surface area contributed by atoms with E-state index < -0.39 is 0 Å². The van der Waals surface area contributed by atoms with Crippen molar-refractivity contribution in [2.45, 2.75) is 19.9 Å². The summed E-state index contributed by atoms with van der Waals surface area (Å²) in [5.41, 5.74) is 6.52. The summed E-state index contributed by atoms with van der Waals surface area (Å²) in [5, 5.41) is 3.56. The number of hydrogen-bond donors (Lipinski definition) is 1. The smallest absolute Gasteiger partial charge is 0.289 e. The van der Waals surface area contributed by atoms with Crippen molar-refractivity contribution in [1.29, 1.82) is 0 Å². The Bertz CT molecular complexity index is 830. The summed E-state index contributed by atoms with van der Waals surface area (Å²) < 4.78 is 4.81. The summed E-state index contributed by atoms with van der Waals surface area (Å²) in [6.07, 6.45) is 1.15. The number of nitrogens with zero attached hydrogens (tertiary/aromatic N) is 2. The molecule has 0 saturated carbocycles. The second-order valence-corrected chi connectivity index (χ2v) is 5.80. The van der Waals surface area contributed by atoms with Crippen molar-refractivity contribution in [3.05, 3.63) is 48.0 Å². The first kappa shape index (κ1) is 12.5. The third-order valence-corrected chi connectivity index (χ3v) is 4.48. The van der Waals surface area contributed by atoms with E-state index in [1.807, 2.05) is 0 Å². The highest BCUT2D eigenvalue weighted by atomic mass is 15.2. The van der Waals surface area contributed by atoms with Crippen molar-refractivity contribution in [1.82, 2.24) is 4.57 Å². The molecule has 3 heteroatoms. The van der Waals surface area contributed by atoms with Gasteiger partial charge in [-0.2, -0.15) is 0 Å². The molecule has 1 aliphatic rings. The molecule has 3 nitrogen and oxygen atoms in total. The summed E-state index contributed by atoms with van der Waals surface area (Å²) in [7, 11) is 2.17. The fourth-order valence-electron chi connectivity index (χ4n) is 3.46. The summed E-state index contributed by atoms with van der Waals surface area (Å²) in [5.74, 6) is 1.30. The van der Waals surface area contributed by atoms with Gasteiger partial charge in [0.05, 0.1) is 24.8 Å². The van der Waals surface area contributed by atoms with Crippen molar-refractivity contribution < 1.29 is 4.57 Å². The van der Waals surface area contributed by atoms with Crippen LogP contribution in [0.15, 0.2) is 42.5 Å². The van der Waals surface area contributed by atoms with Gasteiger partial charge in [-0.1, -0.05) is 24.3 Å². The zero-order valence-corrected chi connectivity index (χ0v) is 12.6. The minimum absolute atomic E-state index is 1.04. The fraction of sp³-hybridized carbons (Fsp3) is 0.278. The van der Waals surface area contributed by atoms with Gasteiger partial charge in [-0.25, -0.2) is 9.13 Å². The van der Waals surface area contributed by atoms with Crippen LogP contribution in [-0.4, -0.2) is 11.1 Å². The zero-order valence-electron chi connectivity index (χ0n) is 12.6. The van der Waals surface area contributed by atoms with Gasteiger partial charge >= 0.3 is 0 Å². The third-order valence-electron chi connectivity index (χ3n) is 4.48. The van der Waals surface area contributed by atoms with E-state index in [1.54, 1.807) is 0 Å². The Morgan fingerprint density at radius 1 is 1.10 bits per heavy atom. The van der Waals surface area contributed by atoms with Crippen molar-refractivity contribution in [2.24, 2.45) is 7.05 Å². The number of nitrogens with one attached hydrogen (secondary N) is 1. The molecule has 1 N–H and O–H groups in total. The second kappa shape index (κ2) is 4.62. The molecule has 0 atom stereocenters. The van der Waals surface area contributed by atoms with Crippen LogP contribution in [0.3, 0.4) is 0 Å². The van der Waals surface area contributed by atoms with Gasteiger partial charge < -0.3 is 5.32 Å². The standard InChI is InChI=1S/C18H20N3/c1-13-7-3-4-8-14(13)18-20(2)16-10-5-9-15-17(16)21(18)12-6-11-19-15/h3-5,7-10,19H,6,11-12H2,1-2H3/q+1. The van der Waals surface area contributed by atoms with E-state index >= 15 is 0 Å². The molecule has 0 aliphatic carbocycles. The van der Waals surface area contributed by atoms with Crippen LogP contribution >= 0.6 is 0 Å². The van der Waals surface area contributed by atoms with Crippen LogP contribution in [0.4, 0.5) is 5.69 Å². The molecule has 21 heavy (non-hydrogen) atoms. The van der Waals surface area contributed by atoms with E-state index in [4.69, 9.17) is 0 Å². The summed E-state index contributed by atoms with van der Waals surface area (Å²) in [6.45, 7) is 4.29. The van der Waals surface area contributed by atoms with Crippen LogP contribution in [0.1, 0.15) is 12.0 Å².